The molecule has 0 aromatic carbocycles. The molecule has 3 unspecified atom stereocenters. The number of nitrogens with two attached hydrogens (primary N) is 1. The summed E-state index contributed by atoms with van der Waals surface area (Å²) in [5.41, 5.74) is 7.18. The van der Waals surface area contributed by atoms with Crippen molar-refractivity contribution in [2.24, 2.45) is 17.6 Å². The van der Waals surface area contributed by atoms with Crippen LogP contribution >= 0.6 is 0 Å². The van der Waals surface area contributed by atoms with E-state index in [2.05, 4.69) is 11.9 Å². The highest BCUT2D eigenvalue weighted by atomic mass is 16.5. The highest BCUT2D eigenvalue weighted by Gasteiger charge is 2.39. The van der Waals surface area contributed by atoms with Gasteiger partial charge in [-0.3, -0.25) is 0 Å². The molecule has 0 amide bonds. The number of methoxy groups -OCH3 is 1. The highest BCUT2D eigenvalue weighted by molar-refractivity contribution is 5.30. The van der Waals surface area contributed by atoms with E-state index >= 15 is 0 Å². The first kappa shape index (κ1) is 9.46. The van der Waals surface area contributed by atoms with Crippen LogP contribution in [0.15, 0.2) is 18.3 Å². The van der Waals surface area contributed by atoms with Gasteiger partial charge in [-0.15, -0.1) is 0 Å². The molecular weight excluding hydrogens is 176 g/mol. The molecule has 2 N–H and O–H groups in total. The number of pyridine rings is 1. The zero-order valence-corrected chi connectivity index (χ0v) is 8.60. The first-order valence-corrected chi connectivity index (χ1v) is 4.98. The van der Waals surface area contributed by atoms with Crippen LogP contribution in [0.2, 0.25) is 0 Å². The molecule has 1 saturated carbocycles. The fraction of sp³-hybridized carbons (Fsp3) is 0.545. The zero-order valence-electron chi connectivity index (χ0n) is 8.60. The molecule has 0 saturated heterocycles. The van der Waals surface area contributed by atoms with Crippen LogP contribution in [-0.2, 0) is 0 Å². The Hall–Kier alpha value is -1.09. The van der Waals surface area contributed by atoms with Crippen LogP contribution in [0.1, 0.15) is 24.9 Å². The van der Waals surface area contributed by atoms with Gasteiger partial charge in [0, 0.05) is 17.8 Å². The van der Waals surface area contributed by atoms with E-state index in [9.17, 15) is 0 Å². The third-order valence-electron chi connectivity index (χ3n) is 2.99. The van der Waals surface area contributed by atoms with Crippen molar-refractivity contribution in [1.29, 1.82) is 0 Å². The quantitative estimate of drug-likeness (QED) is 0.793. The largest absolute Gasteiger partial charge is 0.481 e. The third kappa shape index (κ3) is 1.60. The van der Waals surface area contributed by atoms with Crippen LogP contribution in [0.25, 0.3) is 0 Å². The van der Waals surface area contributed by atoms with Crippen molar-refractivity contribution in [3.05, 3.63) is 23.9 Å². The molecule has 1 aromatic heterocycles. The summed E-state index contributed by atoms with van der Waals surface area (Å²) in [5.74, 6) is 2.02. The SMILES string of the molecule is COc1ncccc1C(N)C1CC1C. The number of aromatic nitrogens is 1. The highest BCUT2D eigenvalue weighted by Crippen LogP contribution is 2.46. The lowest BCUT2D eigenvalue weighted by Crippen LogP contribution is -2.15. The summed E-state index contributed by atoms with van der Waals surface area (Å²) in [4.78, 5) is 4.15. The Labute approximate surface area is 84.3 Å². The Balaban J connectivity index is 2.22. The van der Waals surface area contributed by atoms with Crippen molar-refractivity contribution in [2.45, 2.75) is 19.4 Å². The minimum absolute atomic E-state index is 0.0775. The van der Waals surface area contributed by atoms with E-state index in [1.165, 1.54) is 6.42 Å². The van der Waals surface area contributed by atoms with Crippen molar-refractivity contribution in [2.75, 3.05) is 7.11 Å². The van der Waals surface area contributed by atoms with Gasteiger partial charge in [0.05, 0.1) is 7.11 Å². The lowest BCUT2D eigenvalue weighted by atomic mass is 10.0. The van der Waals surface area contributed by atoms with E-state index in [4.69, 9.17) is 10.5 Å². The Morgan fingerprint density at radius 3 is 2.93 bits per heavy atom. The van der Waals surface area contributed by atoms with Gasteiger partial charge in [-0.1, -0.05) is 13.0 Å². The van der Waals surface area contributed by atoms with E-state index in [1.807, 2.05) is 12.1 Å². The summed E-state index contributed by atoms with van der Waals surface area (Å²) in [6, 6.07) is 3.99. The summed E-state index contributed by atoms with van der Waals surface area (Å²) in [6.07, 6.45) is 2.95. The summed E-state index contributed by atoms with van der Waals surface area (Å²) in [6.45, 7) is 2.23. The number of nitrogens with zero attached hydrogens (tertiary/aromatic N) is 1. The fourth-order valence-corrected chi connectivity index (χ4v) is 1.91. The van der Waals surface area contributed by atoms with E-state index in [0.717, 1.165) is 11.5 Å². The van der Waals surface area contributed by atoms with Gasteiger partial charge in [-0.05, 0) is 24.3 Å². The molecule has 1 aliphatic carbocycles. The minimum atomic E-state index is 0.0775. The molecular formula is C11H16N2O. The predicted octanol–water partition coefficient (Wildman–Crippen LogP) is 1.75. The summed E-state index contributed by atoms with van der Waals surface area (Å²) in [5, 5.41) is 0. The van der Waals surface area contributed by atoms with E-state index < -0.39 is 0 Å². The molecule has 1 aromatic rings. The first-order valence-electron chi connectivity index (χ1n) is 4.98. The predicted molar refractivity (Wildman–Crippen MR) is 55.0 cm³/mol. The van der Waals surface area contributed by atoms with Crippen LogP contribution in [0.5, 0.6) is 5.88 Å². The van der Waals surface area contributed by atoms with Gasteiger partial charge in [0.15, 0.2) is 0 Å². The van der Waals surface area contributed by atoms with Crippen molar-refractivity contribution in [1.82, 2.24) is 4.98 Å². The Bertz CT molecular complexity index is 327. The van der Waals surface area contributed by atoms with Crippen molar-refractivity contribution in [3.8, 4) is 5.88 Å². The van der Waals surface area contributed by atoms with Crippen LogP contribution in [-0.4, -0.2) is 12.1 Å². The molecule has 0 spiro atoms. The summed E-state index contributed by atoms with van der Waals surface area (Å²) in [7, 11) is 1.63. The number of hydrogen-bond acceptors (Lipinski definition) is 3. The smallest absolute Gasteiger partial charge is 0.217 e. The van der Waals surface area contributed by atoms with E-state index in [-0.39, 0.29) is 6.04 Å². The topological polar surface area (TPSA) is 48.1 Å². The lowest BCUT2D eigenvalue weighted by Gasteiger charge is -2.13. The van der Waals surface area contributed by atoms with E-state index in [0.29, 0.717) is 11.8 Å². The van der Waals surface area contributed by atoms with Gasteiger partial charge in [0.1, 0.15) is 0 Å². The number of ether oxygens (including phenoxy) is 1. The molecule has 0 aliphatic heterocycles. The van der Waals surface area contributed by atoms with Gasteiger partial charge in [-0.25, -0.2) is 4.98 Å². The molecule has 3 nitrogen and oxygen atoms in total. The van der Waals surface area contributed by atoms with Crippen molar-refractivity contribution in [3.63, 3.8) is 0 Å². The second-order valence-corrected chi connectivity index (χ2v) is 4.00. The standard InChI is InChI=1S/C11H16N2O/c1-7-6-9(7)10(12)8-4-3-5-13-11(8)14-2/h3-5,7,9-10H,6,12H2,1-2H3. The average Bonchev–Trinajstić information content (AvgIpc) is 2.94. The third-order valence-corrected chi connectivity index (χ3v) is 2.99. The Kier molecular flexibility index (Phi) is 2.42. The molecule has 1 fully saturated rings. The molecule has 76 valence electrons. The molecule has 2 rings (SSSR count). The second-order valence-electron chi connectivity index (χ2n) is 4.00. The van der Waals surface area contributed by atoms with Gasteiger partial charge in [-0.2, -0.15) is 0 Å². The second kappa shape index (κ2) is 3.58. The van der Waals surface area contributed by atoms with E-state index in [1.54, 1.807) is 13.3 Å². The van der Waals surface area contributed by atoms with Crippen molar-refractivity contribution >= 4 is 0 Å². The zero-order chi connectivity index (χ0) is 10.1. The molecule has 14 heavy (non-hydrogen) atoms. The van der Waals surface area contributed by atoms with Gasteiger partial charge in [0.25, 0.3) is 0 Å². The minimum Gasteiger partial charge on any atom is -0.481 e. The van der Waals surface area contributed by atoms with Gasteiger partial charge < -0.3 is 10.5 Å². The molecule has 1 heterocycles. The van der Waals surface area contributed by atoms with Crippen LogP contribution in [0, 0.1) is 11.8 Å². The van der Waals surface area contributed by atoms with Crippen molar-refractivity contribution < 1.29 is 4.74 Å². The first-order chi connectivity index (χ1) is 6.74. The maximum absolute atomic E-state index is 6.15. The molecule has 0 radical (unpaired) electrons. The Morgan fingerprint density at radius 1 is 1.64 bits per heavy atom. The fourth-order valence-electron chi connectivity index (χ4n) is 1.91. The monoisotopic (exact) mass is 192 g/mol. The summed E-state index contributed by atoms with van der Waals surface area (Å²) >= 11 is 0. The number of rotatable bonds is 3. The van der Waals surface area contributed by atoms with Crippen LogP contribution < -0.4 is 10.5 Å². The maximum Gasteiger partial charge on any atom is 0.217 e. The van der Waals surface area contributed by atoms with Crippen LogP contribution in [0.4, 0.5) is 0 Å². The van der Waals surface area contributed by atoms with Gasteiger partial charge >= 0.3 is 0 Å². The summed E-state index contributed by atoms with van der Waals surface area (Å²) < 4.78 is 5.19. The molecule has 3 heteroatoms. The maximum atomic E-state index is 6.15. The molecule has 1 aliphatic rings. The number of hydrogen-bond donors (Lipinski definition) is 1. The average molecular weight is 192 g/mol. The molecule has 3 atom stereocenters. The van der Waals surface area contributed by atoms with Crippen LogP contribution in [0.3, 0.4) is 0 Å². The molecule has 0 bridgehead atoms. The Morgan fingerprint density at radius 2 is 2.36 bits per heavy atom. The lowest BCUT2D eigenvalue weighted by molar-refractivity contribution is 0.385. The normalized spacial score (nSPS) is 27.1. The van der Waals surface area contributed by atoms with Gasteiger partial charge in [0.2, 0.25) is 5.88 Å².